The Kier molecular flexibility index (Phi) is 2.96. The number of hydrogen-bond acceptors (Lipinski definition) is 4. The minimum Gasteiger partial charge on any atom is -0.466 e. The number of aromatic nitrogens is 4. The number of hydrogen-bond donors (Lipinski definition) is 0. The average molecular weight is 241 g/mol. The highest BCUT2D eigenvalue weighted by Gasteiger charge is 2.10. The summed E-state index contributed by atoms with van der Waals surface area (Å²) >= 11 is 6.08. The summed E-state index contributed by atoms with van der Waals surface area (Å²) < 4.78 is 6.40. The summed E-state index contributed by atoms with van der Waals surface area (Å²) in [6.07, 6.45) is 0.866. The van der Waals surface area contributed by atoms with Gasteiger partial charge in [-0.1, -0.05) is 25.4 Å². The van der Waals surface area contributed by atoms with Crippen LogP contribution in [0.2, 0.25) is 5.15 Å². The molecule has 0 radical (unpaired) electrons. The molecule has 16 heavy (non-hydrogen) atoms. The summed E-state index contributed by atoms with van der Waals surface area (Å²) in [7, 11) is 1.51. The van der Waals surface area contributed by atoms with Crippen LogP contribution in [0.3, 0.4) is 0 Å². The fraction of sp³-hybridized carbons (Fsp3) is 0.500. The Morgan fingerprint density at radius 2 is 2.19 bits per heavy atom. The third kappa shape index (κ3) is 2.09. The molecule has 5 nitrogen and oxygen atoms in total. The quantitative estimate of drug-likeness (QED) is 0.770. The maximum absolute atomic E-state index is 6.08. The van der Waals surface area contributed by atoms with E-state index in [1.54, 1.807) is 0 Å². The van der Waals surface area contributed by atoms with Crippen molar-refractivity contribution in [1.29, 1.82) is 0 Å². The van der Waals surface area contributed by atoms with Crippen LogP contribution in [-0.2, 0) is 6.42 Å². The monoisotopic (exact) mass is 240 g/mol. The SMILES string of the molecule is COc1nc2nc(CC(C)C)cc(Cl)n2n1. The first-order chi connectivity index (χ1) is 7.60. The van der Waals surface area contributed by atoms with E-state index >= 15 is 0 Å². The van der Waals surface area contributed by atoms with E-state index in [9.17, 15) is 0 Å². The van der Waals surface area contributed by atoms with Gasteiger partial charge in [-0.25, -0.2) is 4.98 Å². The second kappa shape index (κ2) is 4.25. The third-order valence-electron chi connectivity index (χ3n) is 2.10. The van der Waals surface area contributed by atoms with Crippen molar-refractivity contribution in [2.24, 2.45) is 5.92 Å². The number of nitrogens with zero attached hydrogens (tertiary/aromatic N) is 4. The van der Waals surface area contributed by atoms with Crippen LogP contribution in [0.1, 0.15) is 19.5 Å². The van der Waals surface area contributed by atoms with Gasteiger partial charge in [-0.3, -0.25) is 0 Å². The number of ether oxygens (including phenoxy) is 1. The molecule has 0 saturated carbocycles. The van der Waals surface area contributed by atoms with Crippen LogP contribution in [0.5, 0.6) is 6.01 Å². The Morgan fingerprint density at radius 1 is 1.44 bits per heavy atom. The molecule has 2 aromatic heterocycles. The molecule has 0 atom stereocenters. The summed E-state index contributed by atoms with van der Waals surface area (Å²) in [6, 6.07) is 2.08. The van der Waals surface area contributed by atoms with E-state index < -0.39 is 0 Å². The van der Waals surface area contributed by atoms with Crippen molar-refractivity contribution < 1.29 is 4.74 Å². The molecule has 0 spiro atoms. The average Bonchev–Trinajstić information content (AvgIpc) is 2.60. The molecule has 0 aromatic carbocycles. The van der Waals surface area contributed by atoms with E-state index in [0.717, 1.165) is 12.1 Å². The molecular formula is C10H13ClN4O. The van der Waals surface area contributed by atoms with Crippen LogP contribution in [0.15, 0.2) is 6.07 Å². The van der Waals surface area contributed by atoms with Crippen molar-refractivity contribution in [3.05, 3.63) is 16.9 Å². The predicted octanol–water partition coefficient (Wildman–Crippen LogP) is 1.98. The van der Waals surface area contributed by atoms with Crippen molar-refractivity contribution in [3.8, 4) is 6.01 Å². The summed E-state index contributed by atoms with van der Waals surface area (Å²) in [5.74, 6) is 0.996. The maximum Gasteiger partial charge on any atom is 0.337 e. The Bertz CT molecular complexity index is 509. The lowest BCUT2D eigenvalue weighted by Crippen LogP contribution is -2.01. The number of methoxy groups -OCH3 is 1. The molecule has 0 bridgehead atoms. The molecule has 0 aliphatic rings. The van der Waals surface area contributed by atoms with Crippen LogP contribution in [0, 0.1) is 5.92 Å². The molecule has 2 heterocycles. The van der Waals surface area contributed by atoms with Crippen molar-refractivity contribution in [1.82, 2.24) is 19.6 Å². The Balaban J connectivity index is 2.48. The molecule has 0 saturated heterocycles. The summed E-state index contributed by atoms with van der Waals surface area (Å²) in [4.78, 5) is 8.46. The fourth-order valence-corrected chi connectivity index (χ4v) is 1.71. The van der Waals surface area contributed by atoms with Gasteiger partial charge in [0, 0.05) is 5.69 Å². The van der Waals surface area contributed by atoms with Gasteiger partial charge in [0.05, 0.1) is 7.11 Å². The van der Waals surface area contributed by atoms with Crippen LogP contribution < -0.4 is 4.74 Å². The van der Waals surface area contributed by atoms with Crippen molar-refractivity contribution in [3.63, 3.8) is 0 Å². The molecule has 86 valence electrons. The zero-order valence-electron chi connectivity index (χ0n) is 9.44. The fourth-order valence-electron chi connectivity index (χ4n) is 1.47. The lowest BCUT2D eigenvalue weighted by Gasteiger charge is -2.04. The van der Waals surface area contributed by atoms with Crippen LogP contribution in [0.25, 0.3) is 5.78 Å². The molecule has 6 heteroatoms. The second-order valence-corrected chi connectivity index (χ2v) is 4.37. The number of rotatable bonds is 3. The molecule has 0 amide bonds. The summed E-state index contributed by atoms with van der Waals surface area (Å²) in [5, 5.41) is 4.54. The first-order valence-corrected chi connectivity index (χ1v) is 5.44. The molecule has 2 rings (SSSR count). The second-order valence-electron chi connectivity index (χ2n) is 3.98. The first-order valence-electron chi connectivity index (χ1n) is 5.06. The van der Waals surface area contributed by atoms with Gasteiger partial charge in [-0.2, -0.15) is 9.50 Å². The van der Waals surface area contributed by atoms with Gasteiger partial charge in [-0.15, -0.1) is 5.10 Å². The van der Waals surface area contributed by atoms with Gasteiger partial charge in [0.15, 0.2) is 0 Å². The van der Waals surface area contributed by atoms with E-state index in [2.05, 4.69) is 28.9 Å². The van der Waals surface area contributed by atoms with Gasteiger partial charge in [0.1, 0.15) is 5.15 Å². The molecule has 0 unspecified atom stereocenters. The van der Waals surface area contributed by atoms with Gasteiger partial charge in [0.2, 0.25) is 0 Å². The normalized spacial score (nSPS) is 11.3. The number of fused-ring (bicyclic) bond motifs is 1. The highest BCUT2D eigenvalue weighted by Crippen LogP contribution is 2.16. The molecule has 0 N–H and O–H groups in total. The topological polar surface area (TPSA) is 52.3 Å². The van der Waals surface area contributed by atoms with Crippen LogP contribution in [-0.4, -0.2) is 26.7 Å². The van der Waals surface area contributed by atoms with Crippen molar-refractivity contribution in [2.45, 2.75) is 20.3 Å². The number of halogens is 1. The van der Waals surface area contributed by atoms with Gasteiger partial charge >= 0.3 is 6.01 Å². The van der Waals surface area contributed by atoms with E-state index in [4.69, 9.17) is 16.3 Å². The molecule has 0 aliphatic heterocycles. The van der Waals surface area contributed by atoms with Crippen LogP contribution >= 0.6 is 11.6 Å². The zero-order valence-corrected chi connectivity index (χ0v) is 10.2. The highest BCUT2D eigenvalue weighted by molar-refractivity contribution is 6.29. The Labute approximate surface area is 98.4 Å². The van der Waals surface area contributed by atoms with E-state index in [0.29, 0.717) is 16.8 Å². The van der Waals surface area contributed by atoms with Crippen molar-refractivity contribution in [2.75, 3.05) is 7.11 Å². The van der Waals surface area contributed by atoms with Gasteiger partial charge in [0.25, 0.3) is 5.78 Å². The Morgan fingerprint density at radius 3 is 2.81 bits per heavy atom. The lowest BCUT2D eigenvalue weighted by atomic mass is 10.1. The van der Waals surface area contributed by atoms with Gasteiger partial charge < -0.3 is 4.74 Å². The third-order valence-corrected chi connectivity index (χ3v) is 2.37. The van der Waals surface area contributed by atoms with Crippen molar-refractivity contribution >= 4 is 17.4 Å². The molecule has 0 aliphatic carbocycles. The van der Waals surface area contributed by atoms with E-state index in [1.807, 2.05) is 6.07 Å². The largest absolute Gasteiger partial charge is 0.466 e. The van der Waals surface area contributed by atoms with E-state index in [-0.39, 0.29) is 6.01 Å². The molecule has 0 fully saturated rings. The summed E-state index contributed by atoms with van der Waals surface area (Å²) in [6.45, 7) is 4.26. The smallest absolute Gasteiger partial charge is 0.337 e. The molecule has 2 aromatic rings. The Hall–Kier alpha value is -1.36. The first kappa shape index (κ1) is 11.1. The van der Waals surface area contributed by atoms with Gasteiger partial charge in [-0.05, 0) is 18.4 Å². The highest BCUT2D eigenvalue weighted by atomic mass is 35.5. The summed E-state index contributed by atoms with van der Waals surface area (Å²) in [5.41, 5.74) is 0.919. The molecular weight excluding hydrogens is 228 g/mol. The minimum absolute atomic E-state index is 0.274. The maximum atomic E-state index is 6.08. The standard InChI is InChI=1S/C10H13ClN4O/c1-6(2)4-7-5-8(11)15-9(12-7)13-10(14-15)16-3/h5-6H,4H2,1-3H3. The zero-order chi connectivity index (χ0) is 11.7. The minimum atomic E-state index is 0.274. The van der Waals surface area contributed by atoms with Crippen LogP contribution in [0.4, 0.5) is 0 Å². The van der Waals surface area contributed by atoms with E-state index in [1.165, 1.54) is 11.6 Å². The lowest BCUT2D eigenvalue weighted by molar-refractivity contribution is 0.380. The predicted molar refractivity (Wildman–Crippen MR) is 60.9 cm³/mol.